The van der Waals surface area contributed by atoms with E-state index in [1.165, 1.54) is 108 Å². The fourth-order valence-corrected chi connectivity index (χ4v) is 13.4. The van der Waals surface area contributed by atoms with Crippen LogP contribution in [0.4, 0.5) is 17.1 Å². The number of aryl methyl sites for hydroxylation is 4. The molecular weight excluding hydrogens is 891 g/mol. The summed E-state index contributed by atoms with van der Waals surface area (Å²) in [6, 6.07) is 44.6. The Morgan fingerprint density at radius 3 is 1.62 bits per heavy atom. The van der Waals surface area contributed by atoms with E-state index in [0.29, 0.717) is 0 Å². The number of carbonyl (C=O) groups is 1. The number of unbranched alkanes of at least 4 members (excludes halogenated alkanes) is 9. The standard InChI is InChI=1S/C60H65N3O2S3/c1-5-9-12-17-24-42-36-56(66-54(42)39-46(41-61)60(64)65)58-45(26-19-14-11-7-3)38-57(68-58)59-44(25-18-13-10-6-2)37-55(67-59)43-31-33-52-50(35-43)51-40-49(32-34-53(51)62(52)8-4)63(47-27-20-15-21-28-47)48-29-22-16-23-30-48/h15-16,20-23,27-40H,5-14,17-19,24-26H2,1-4H3,(H,64,65)/b46-39-. The minimum atomic E-state index is -1.17. The second-order valence-corrected chi connectivity index (χ2v) is 21.2. The molecule has 4 heterocycles. The van der Waals surface area contributed by atoms with Crippen LogP contribution in [0.25, 0.3) is 57.8 Å². The van der Waals surface area contributed by atoms with Crippen LogP contribution in [0.2, 0.25) is 0 Å². The predicted molar refractivity (Wildman–Crippen MR) is 295 cm³/mol. The van der Waals surface area contributed by atoms with Crippen molar-refractivity contribution in [3.8, 4) is 36.0 Å². The summed E-state index contributed by atoms with van der Waals surface area (Å²) in [6.07, 6.45) is 18.7. The molecule has 0 aliphatic heterocycles. The lowest BCUT2D eigenvalue weighted by atomic mass is 10.0. The van der Waals surface area contributed by atoms with Crippen LogP contribution in [0.15, 0.2) is 121 Å². The number of carboxylic acids is 1. The van der Waals surface area contributed by atoms with Gasteiger partial charge in [0.1, 0.15) is 11.6 Å². The van der Waals surface area contributed by atoms with Crippen molar-refractivity contribution in [3.05, 3.63) is 142 Å². The van der Waals surface area contributed by atoms with Gasteiger partial charge in [-0.05, 0) is 147 Å². The molecule has 0 amide bonds. The Morgan fingerprint density at radius 1 is 0.574 bits per heavy atom. The summed E-state index contributed by atoms with van der Waals surface area (Å²) in [5.74, 6) is -1.17. The highest BCUT2D eigenvalue weighted by Gasteiger charge is 2.22. The molecule has 4 aromatic carbocycles. The van der Waals surface area contributed by atoms with Crippen molar-refractivity contribution in [2.45, 2.75) is 131 Å². The monoisotopic (exact) mass is 955 g/mol. The number of fused-ring (bicyclic) bond motifs is 3. The van der Waals surface area contributed by atoms with Crippen LogP contribution in [0.3, 0.4) is 0 Å². The maximum atomic E-state index is 12.0. The number of benzene rings is 4. The van der Waals surface area contributed by atoms with Gasteiger partial charge in [0.05, 0.1) is 0 Å². The number of nitrogens with zero attached hydrogens (tertiary/aromatic N) is 3. The smallest absolute Gasteiger partial charge is 0.346 e. The summed E-state index contributed by atoms with van der Waals surface area (Å²) in [7, 11) is 0. The summed E-state index contributed by atoms with van der Waals surface area (Å²) >= 11 is 5.49. The van der Waals surface area contributed by atoms with Gasteiger partial charge >= 0.3 is 5.97 Å². The molecule has 0 aliphatic rings. The van der Waals surface area contributed by atoms with Gasteiger partial charge in [0.25, 0.3) is 0 Å². The maximum absolute atomic E-state index is 12.0. The van der Waals surface area contributed by atoms with E-state index in [1.807, 2.05) is 28.7 Å². The molecule has 8 rings (SSSR count). The van der Waals surface area contributed by atoms with Crippen LogP contribution in [-0.4, -0.2) is 15.6 Å². The maximum Gasteiger partial charge on any atom is 0.346 e. The summed E-state index contributed by atoms with van der Waals surface area (Å²) in [5, 5.41) is 22.1. The molecule has 1 N–H and O–H groups in total. The first-order valence-corrected chi connectivity index (χ1v) is 27.5. The van der Waals surface area contributed by atoms with Gasteiger partial charge in [0.15, 0.2) is 0 Å². The van der Waals surface area contributed by atoms with Crippen molar-refractivity contribution in [2.24, 2.45) is 0 Å². The summed E-state index contributed by atoms with van der Waals surface area (Å²) in [6.45, 7) is 9.89. The zero-order valence-electron chi connectivity index (χ0n) is 40.3. The quantitative estimate of drug-likeness (QED) is 0.0372. The van der Waals surface area contributed by atoms with Crippen LogP contribution in [0, 0.1) is 11.3 Å². The van der Waals surface area contributed by atoms with Gasteiger partial charge in [-0.1, -0.05) is 121 Å². The highest BCUT2D eigenvalue weighted by atomic mass is 32.1. The van der Waals surface area contributed by atoms with Crippen molar-refractivity contribution in [1.82, 2.24) is 4.57 Å². The first-order chi connectivity index (χ1) is 33.3. The zero-order chi connectivity index (χ0) is 47.4. The SMILES string of the molecule is CCCCCCc1cc(-c2sc(-c3sc(-c4ccc5c(c4)c4cc(N(c6ccccc6)c6ccccc6)ccc4n5CC)cc3CCCCCC)cc2CCCCCC)sc1/C=C(/C#N)C(=O)O. The molecule has 0 unspecified atom stereocenters. The lowest BCUT2D eigenvalue weighted by molar-refractivity contribution is -0.132. The fourth-order valence-electron chi connectivity index (χ4n) is 9.60. The van der Waals surface area contributed by atoms with E-state index in [4.69, 9.17) is 0 Å². The van der Waals surface area contributed by atoms with Crippen LogP contribution in [0.5, 0.6) is 0 Å². The van der Waals surface area contributed by atoms with E-state index in [1.54, 1.807) is 17.4 Å². The number of hydrogen-bond donors (Lipinski definition) is 1. The van der Waals surface area contributed by atoms with Crippen molar-refractivity contribution >= 4 is 84.9 Å². The minimum absolute atomic E-state index is 0.210. The number of nitriles is 1. The van der Waals surface area contributed by atoms with Gasteiger partial charge in [-0.15, -0.1) is 34.0 Å². The van der Waals surface area contributed by atoms with Crippen LogP contribution < -0.4 is 4.90 Å². The second-order valence-electron chi connectivity index (χ2n) is 18.0. The van der Waals surface area contributed by atoms with Crippen LogP contribution in [-0.2, 0) is 30.6 Å². The van der Waals surface area contributed by atoms with Gasteiger partial charge < -0.3 is 14.6 Å². The Hall–Kier alpha value is -5.72. The molecule has 8 aromatic rings. The molecule has 0 saturated carbocycles. The molecule has 68 heavy (non-hydrogen) atoms. The average molecular weight is 956 g/mol. The lowest BCUT2D eigenvalue weighted by Gasteiger charge is -2.25. The van der Waals surface area contributed by atoms with Gasteiger partial charge in [-0.25, -0.2) is 4.79 Å². The number of hydrogen-bond acceptors (Lipinski definition) is 6. The molecule has 0 bridgehead atoms. The van der Waals surface area contributed by atoms with E-state index in [9.17, 15) is 15.2 Å². The van der Waals surface area contributed by atoms with Crippen molar-refractivity contribution < 1.29 is 9.90 Å². The van der Waals surface area contributed by atoms with Gasteiger partial charge in [0.2, 0.25) is 0 Å². The molecule has 0 spiro atoms. The average Bonchev–Trinajstić information content (AvgIpc) is 4.16. The number of thiophene rings is 3. The Balaban J connectivity index is 1.23. The van der Waals surface area contributed by atoms with Crippen molar-refractivity contribution in [1.29, 1.82) is 5.26 Å². The number of para-hydroxylation sites is 2. The number of rotatable bonds is 24. The Kier molecular flexibility index (Phi) is 16.9. The van der Waals surface area contributed by atoms with Crippen LogP contribution in [0.1, 0.15) is 126 Å². The Labute approximate surface area is 416 Å². The van der Waals surface area contributed by atoms with Gasteiger partial charge in [-0.3, -0.25) is 0 Å². The molecule has 8 heteroatoms. The molecule has 4 aromatic heterocycles. The molecule has 0 fully saturated rings. The third-order valence-corrected chi connectivity index (χ3v) is 17.1. The third kappa shape index (κ3) is 11.1. The highest BCUT2D eigenvalue weighted by molar-refractivity contribution is 7.27. The van der Waals surface area contributed by atoms with E-state index < -0.39 is 5.97 Å². The normalized spacial score (nSPS) is 11.8. The fraction of sp³-hybridized carbons (Fsp3) is 0.333. The van der Waals surface area contributed by atoms with E-state index >= 15 is 0 Å². The third-order valence-electron chi connectivity index (χ3n) is 13.2. The second kappa shape index (κ2) is 23.5. The van der Waals surface area contributed by atoms with Crippen LogP contribution >= 0.6 is 34.0 Å². The molecule has 0 atom stereocenters. The van der Waals surface area contributed by atoms with E-state index in [0.717, 1.165) is 85.4 Å². The Morgan fingerprint density at radius 2 is 1.07 bits per heavy atom. The molecule has 0 saturated heterocycles. The largest absolute Gasteiger partial charge is 0.477 e. The first-order valence-electron chi connectivity index (χ1n) is 25.1. The number of aliphatic carboxylic acids is 1. The van der Waals surface area contributed by atoms with Gasteiger partial charge in [0, 0.05) is 74.7 Å². The number of aromatic nitrogens is 1. The zero-order valence-corrected chi connectivity index (χ0v) is 42.7. The first kappa shape index (κ1) is 48.7. The summed E-state index contributed by atoms with van der Waals surface area (Å²) < 4.78 is 2.45. The lowest BCUT2D eigenvalue weighted by Crippen LogP contribution is -2.09. The molecule has 0 radical (unpaired) electrons. The van der Waals surface area contributed by atoms with E-state index in [-0.39, 0.29) is 5.57 Å². The molecule has 350 valence electrons. The predicted octanol–water partition coefficient (Wildman–Crippen LogP) is 18.8. The van der Waals surface area contributed by atoms with E-state index in [2.05, 4.69) is 152 Å². The molecule has 5 nitrogen and oxygen atoms in total. The summed E-state index contributed by atoms with van der Waals surface area (Å²) in [4.78, 5) is 21.8. The number of anilines is 3. The topological polar surface area (TPSA) is 69.3 Å². The van der Waals surface area contributed by atoms with Gasteiger partial charge in [-0.2, -0.15) is 5.26 Å². The Bertz CT molecular complexity index is 2980. The molecular formula is C60H65N3O2S3. The van der Waals surface area contributed by atoms with Crippen molar-refractivity contribution in [2.75, 3.05) is 4.90 Å². The molecule has 0 aliphatic carbocycles. The number of carboxylic acid groups (broad SMARTS) is 1. The highest BCUT2D eigenvalue weighted by Crippen LogP contribution is 2.49. The van der Waals surface area contributed by atoms with Crippen molar-refractivity contribution in [3.63, 3.8) is 0 Å². The summed E-state index contributed by atoms with van der Waals surface area (Å²) in [5.41, 5.74) is 10.9. The minimum Gasteiger partial charge on any atom is -0.477 e.